The third-order valence-corrected chi connectivity index (χ3v) is 2.14. The molecule has 4 heteroatoms. The van der Waals surface area contributed by atoms with Crippen LogP contribution in [0.2, 0.25) is 0 Å². The van der Waals surface area contributed by atoms with Gasteiger partial charge in [-0.2, -0.15) is 0 Å². The summed E-state index contributed by atoms with van der Waals surface area (Å²) in [6.07, 6.45) is 0.402. The molecule has 0 aliphatic carbocycles. The van der Waals surface area contributed by atoms with Crippen LogP contribution < -0.4 is 5.73 Å². The quantitative estimate of drug-likeness (QED) is 0.833. The maximum Gasteiger partial charge on any atom is 0.141 e. The van der Waals surface area contributed by atoms with Crippen molar-refractivity contribution >= 4 is 0 Å². The van der Waals surface area contributed by atoms with Gasteiger partial charge in [0.1, 0.15) is 11.6 Å². The molecule has 0 saturated heterocycles. The van der Waals surface area contributed by atoms with Crippen molar-refractivity contribution in [2.45, 2.75) is 13.0 Å². The number of nitrogens with two attached hydrogens (primary N) is 1. The van der Waals surface area contributed by atoms with E-state index in [1.165, 1.54) is 6.07 Å². The fourth-order valence-electron chi connectivity index (χ4n) is 1.36. The van der Waals surface area contributed by atoms with Gasteiger partial charge < -0.3 is 10.3 Å². The molecule has 0 bridgehead atoms. The standard InChI is InChI=1S/C11H11FN2O/c12-11-4-2-1-3-8(11)5-10-6-9(7-13)14-15-10/h1-4,6H,5,7,13H2. The van der Waals surface area contributed by atoms with Crippen molar-refractivity contribution in [3.63, 3.8) is 0 Å². The number of nitrogens with zero attached hydrogens (tertiary/aromatic N) is 1. The molecule has 78 valence electrons. The van der Waals surface area contributed by atoms with Crippen molar-refractivity contribution in [3.05, 3.63) is 53.2 Å². The van der Waals surface area contributed by atoms with E-state index in [1.807, 2.05) is 0 Å². The van der Waals surface area contributed by atoms with Gasteiger partial charge in [0.15, 0.2) is 0 Å². The summed E-state index contributed by atoms with van der Waals surface area (Å²) in [5.41, 5.74) is 6.67. The maximum atomic E-state index is 13.3. The zero-order valence-electron chi connectivity index (χ0n) is 8.11. The van der Waals surface area contributed by atoms with Gasteiger partial charge in [-0.15, -0.1) is 0 Å². The number of benzene rings is 1. The fraction of sp³-hybridized carbons (Fsp3) is 0.182. The van der Waals surface area contributed by atoms with Crippen LogP contribution in [0.15, 0.2) is 34.9 Å². The minimum Gasteiger partial charge on any atom is -0.361 e. The second-order valence-corrected chi connectivity index (χ2v) is 3.26. The molecule has 0 unspecified atom stereocenters. The first-order chi connectivity index (χ1) is 7.29. The van der Waals surface area contributed by atoms with Crippen molar-refractivity contribution in [1.82, 2.24) is 5.16 Å². The summed E-state index contributed by atoms with van der Waals surface area (Å²) in [5, 5.41) is 3.74. The summed E-state index contributed by atoms with van der Waals surface area (Å²) in [6.45, 7) is 0.334. The zero-order chi connectivity index (χ0) is 10.7. The number of aromatic nitrogens is 1. The molecule has 0 amide bonds. The number of hydrogen-bond donors (Lipinski definition) is 1. The predicted molar refractivity (Wildman–Crippen MR) is 53.6 cm³/mol. The van der Waals surface area contributed by atoms with Crippen molar-refractivity contribution in [1.29, 1.82) is 0 Å². The molecule has 15 heavy (non-hydrogen) atoms. The van der Waals surface area contributed by atoms with Crippen molar-refractivity contribution < 1.29 is 8.91 Å². The Balaban J connectivity index is 2.18. The van der Waals surface area contributed by atoms with Gasteiger partial charge in [0.05, 0.1) is 5.69 Å². The molecule has 0 aliphatic rings. The van der Waals surface area contributed by atoms with Gasteiger partial charge in [-0.25, -0.2) is 4.39 Å². The Bertz CT molecular complexity index is 453. The number of halogens is 1. The Labute approximate surface area is 86.7 Å². The van der Waals surface area contributed by atoms with Crippen LogP contribution in [-0.4, -0.2) is 5.16 Å². The van der Waals surface area contributed by atoms with E-state index in [0.717, 1.165) is 0 Å². The average Bonchev–Trinajstić information content (AvgIpc) is 2.69. The Morgan fingerprint density at radius 1 is 1.33 bits per heavy atom. The summed E-state index contributed by atoms with van der Waals surface area (Å²) >= 11 is 0. The highest BCUT2D eigenvalue weighted by Crippen LogP contribution is 2.13. The number of rotatable bonds is 3. The first kappa shape index (κ1) is 9.86. The minimum absolute atomic E-state index is 0.233. The van der Waals surface area contributed by atoms with Crippen LogP contribution >= 0.6 is 0 Å². The summed E-state index contributed by atoms with van der Waals surface area (Å²) in [4.78, 5) is 0. The van der Waals surface area contributed by atoms with Gasteiger partial charge in [0.25, 0.3) is 0 Å². The van der Waals surface area contributed by atoms with Crippen LogP contribution in [0, 0.1) is 5.82 Å². The monoisotopic (exact) mass is 206 g/mol. The zero-order valence-corrected chi connectivity index (χ0v) is 8.11. The van der Waals surface area contributed by atoms with Gasteiger partial charge in [-0.05, 0) is 11.6 Å². The van der Waals surface area contributed by atoms with Gasteiger partial charge >= 0.3 is 0 Å². The van der Waals surface area contributed by atoms with Crippen molar-refractivity contribution in [2.75, 3.05) is 0 Å². The average molecular weight is 206 g/mol. The topological polar surface area (TPSA) is 52.0 Å². The molecule has 2 N–H and O–H groups in total. The van der Waals surface area contributed by atoms with Gasteiger partial charge in [0, 0.05) is 19.0 Å². The highest BCUT2D eigenvalue weighted by molar-refractivity contribution is 5.22. The van der Waals surface area contributed by atoms with Crippen LogP contribution in [0.3, 0.4) is 0 Å². The van der Waals surface area contributed by atoms with Gasteiger partial charge in [-0.1, -0.05) is 23.4 Å². The largest absolute Gasteiger partial charge is 0.361 e. The summed E-state index contributed by atoms with van der Waals surface area (Å²) in [5.74, 6) is 0.392. The molecule has 0 saturated carbocycles. The molecular weight excluding hydrogens is 195 g/mol. The Hall–Kier alpha value is -1.68. The Morgan fingerprint density at radius 3 is 2.80 bits per heavy atom. The second-order valence-electron chi connectivity index (χ2n) is 3.26. The van der Waals surface area contributed by atoms with Gasteiger partial charge in [-0.3, -0.25) is 0 Å². The van der Waals surface area contributed by atoms with E-state index in [4.69, 9.17) is 10.3 Å². The lowest BCUT2D eigenvalue weighted by atomic mass is 10.1. The predicted octanol–water partition coefficient (Wildman–Crippen LogP) is 1.86. The van der Waals surface area contributed by atoms with E-state index in [2.05, 4.69) is 5.16 Å². The van der Waals surface area contributed by atoms with Crippen LogP contribution in [0.4, 0.5) is 4.39 Å². The lowest BCUT2D eigenvalue weighted by Gasteiger charge is -1.98. The van der Waals surface area contributed by atoms with Crippen molar-refractivity contribution in [3.8, 4) is 0 Å². The summed E-state index contributed by atoms with van der Waals surface area (Å²) < 4.78 is 18.3. The van der Waals surface area contributed by atoms with E-state index < -0.39 is 0 Å². The normalized spacial score (nSPS) is 10.5. The van der Waals surface area contributed by atoms with Crippen LogP contribution in [0.1, 0.15) is 17.0 Å². The third kappa shape index (κ3) is 2.22. The van der Waals surface area contributed by atoms with E-state index >= 15 is 0 Å². The lowest BCUT2D eigenvalue weighted by molar-refractivity contribution is 0.382. The maximum absolute atomic E-state index is 13.3. The van der Waals surface area contributed by atoms with E-state index in [0.29, 0.717) is 30.0 Å². The molecule has 1 heterocycles. The van der Waals surface area contributed by atoms with E-state index in [9.17, 15) is 4.39 Å². The van der Waals surface area contributed by atoms with Crippen LogP contribution in [0.5, 0.6) is 0 Å². The Kier molecular flexibility index (Phi) is 2.78. The van der Waals surface area contributed by atoms with Crippen LogP contribution in [0.25, 0.3) is 0 Å². The molecule has 0 fully saturated rings. The first-order valence-electron chi connectivity index (χ1n) is 4.67. The molecular formula is C11H11FN2O. The smallest absolute Gasteiger partial charge is 0.141 e. The van der Waals surface area contributed by atoms with Gasteiger partial charge in [0.2, 0.25) is 0 Å². The molecule has 2 aromatic rings. The highest BCUT2D eigenvalue weighted by atomic mass is 19.1. The molecule has 3 nitrogen and oxygen atoms in total. The molecule has 0 radical (unpaired) electrons. The van der Waals surface area contributed by atoms with Crippen molar-refractivity contribution in [2.24, 2.45) is 5.73 Å². The second kappa shape index (κ2) is 4.23. The molecule has 0 spiro atoms. The third-order valence-electron chi connectivity index (χ3n) is 2.14. The number of hydrogen-bond acceptors (Lipinski definition) is 3. The Morgan fingerprint density at radius 2 is 2.13 bits per heavy atom. The van der Waals surface area contributed by atoms with E-state index in [-0.39, 0.29) is 5.82 Å². The minimum atomic E-state index is -0.233. The fourth-order valence-corrected chi connectivity index (χ4v) is 1.36. The molecule has 0 atom stereocenters. The highest BCUT2D eigenvalue weighted by Gasteiger charge is 2.06. The van der Waals surface area contributed by atoms with E-state index in [1.54, 1.807) is 24.3 Å². The first-order valence-corrected chi connectivity index (χ1v) is 4.67. The summed E-state index contributed by atoms with van der Waals surface area (Å²) in [7, 11) is 0. The van der Waals surface area contributed by atoms with Crippen LogP contribution in [-0.2, 0) is 13.0 Å². The molecule has 1 aromatic heterocycles. The lowest BCUT2D eigenvalue weighted by Crippen LogP contribution is -1.95. The summed E-state index contributed by atoms with van der Waals surface area (Å²) in [6, 6.07) is 8.34. The molecule has 1 aromatic carbocycles. The SMILES string of the molecule is NCc1cc(Cc2ccccc2F)on1. The molecule has 2 rings (SSSR count). The molecule has 0 aliphatic heterocycles.